The summed E-state index contributed by atoms with van der Waals surface area (Å²) >= 11 is 0. The van der Waals surface area contributed by atoms with Crippen molar-refractivity contribution in [1.82, 2.24) is 5.32 Å². The van der Waals surface area contributed by atoms with Crippen molar-refractivity contribution >= 4 is 29.3 Å². The molecule has 4 N–H and O–H groups in total. The summed E-state index contributed by atoms with van der Waals surface area (Å²) in [7, 11) is 0. The number of rotatable bonds is 11. The maximum atomic E-state index is 13.0. The van der Waals surface area contributed by atoms with Crippen LogP contribution in [0.15, 0.2) is 12.2 Å². The largest absolute Gasteiger partial charge is 0.480 e. The molecule has 5 atom stereocenters. The molecule has 1 aliphatic rings. The number of hydrogen-bond acceptors (Lipinski definition) is 10. The van der Waals surface area contributed by atoms with Crippen LogP contribution in [0.5, 0.6) is 0 Å². The summed E-state index contributed by atoms with van der Waals surface area (Å²) in [5.74, 6) is -6.83. The van der Waals surface area contributed by atoms with E-state index in [0.717, 1.165) is 6.08 Å². The molecule has 1 heterocycles. The number of carboxylic acids is 1. The first-order valence-corrected chi connectivity index (χ1v) is 9.55. The molecule has 0 aromatic rings. The minimum atomic E-state index is -3.29. The van der Waals surface area contributed by atoms with Gasteiger partial charge >= 0.3 is 11.9 Å². The van der Waals surface area contributed by atoms with Crippen LogP contribution in [0.1, 0.15) is 59.3 Å². The van der Waals surface area contributed by atoms with Crippen molar-refractivity contribution in [2.75, 3.05) is 6.61 Å². The van der Waals surface area contributed by atoms with Crippen LogP contribution in [-0.4, -0.2) is 80.3 Å². The third-order valence-electron chi connectivity index (χ3n) is 5.12. The normalized spacial score (nSPS) is 32.8. The van der Waals surface area contributed by atoms with Crippen LogP contribution >= 0.6 is 0 Å². The summed E-state index contributed by atoms with van der Waals surface area (Å²) < 4.78 is 39.8. The molecule has 11 heteroatoms. The first-order valence-electron chi connectivity index (χ1n) is 12.4. The Morgan fingerprint density at radius 1 is 1.16 bits per heavy atom. The quantitative estimate of drug-likeness (QED) is 0.234. The topological polar surface area (TPSA) is 177 Å². The van der Waals surface area contributed by atoms with Gasteiger partial charge in [0.1, 0.15) is 18.8 Å². The minimum absolute atomic E-state index is 0.455. The second kappa shape index (κ2) is 10.4. The van der Waals surface area contributed by atoms with Gasteiger partial charge in [-0.1, -0.05) is 25.5 Å². The van der Waals surface area contributed by atoms with Crippen molar-refractivity contribution in [2.45, 2.75) is 82.9 Å². The number of carbonyl (C=O) groups is 5. The number of ketones is 3. The third-order valence-corrected chi connectivity index (χ3v) is 5.12. The first kappa shape index (κ1) is 21.4. The van der Waals surface area contributed by atoms with Gasteiger partial charge in [-0.2, -0.15) is 0 Å². The van der Waals surface area contributed by atoms with Crippen LogP contribution in [0.2, 0.25) is 0 Å². The standard InChI is InChI=1S/C21H31NO10/c1-6-7-8-9-16(18(27)28)22-20(13(3)24)11-19(29,12(2)23)21(30,14(4)25)17(32-20)10-31-15(5)26/h8-9,16-17,22,29-30H,6-7,10-11H2,1-5H3,(H,27,28)/b9-8+/t16?,17-,19+,20?,21-/m1/s1/i2D,3D,4D,5D. The van der Waals surface area contributed by atoms with E-state index >= 15 is 0 Å². The highest BCUT2D eigenvalue weighted by atomic mass is 16.6. The molecule has 0 aromatic heterocycles. The fraction of sp³-hybridized carbons (Fsp3) is 0.667. The van der Waals surface area contributed by atoms with Crippen LogP contribution < -0.4 is 5.32 Å². The van der Waals surface area contributed by atoms with E-state index < -0.39 is 99.0 Å². The Labute approximate surface area is 191 Å². The van der Waals surface area contributed by atoms with Gasteiger partial charge in [0.05, 0.1) is 0 Å². The Balaban J connectivity index is 3.81. The van der Waals surface area contributed by atoms with E-state index in [1.165, 1.54) is 6.08 Å². The van der Waals surface area contributed by atoms with Crippen molar-refractivity contribution in [3.05, 3.63) is 12.2 Å². The number of carboxylic acid groups (broad SMARTS) is 1. The fourth-order valence-corrected chi connectivity index (χ4v) is 3.35. The number of ether oxygens (including phenoxy) is 2. The molecule has 0 bridgehead atoms. The SMILES string of the molecule is [2H]CC(=O)OC[C@H]1OC(NC(/C=C/CCC)C(=O)O)(C(=O)C[2H])C[C@](O)(C(=O)C[2H])[C@@]1(O)C(=O)C[2H]. The first-order chi connectivity index (χ1) is 16.8. The smallest absolute Gasteiger partial charge is 0.324 e. The van der Waals surface area contributed by atoms with Crippen LogP contribution in [0.3, 0.4) is 0 Å². The predicted molar refractivity (Wildman–Crippen MR) is 109 cm³/mol. The lowest BCUT2D eigenvalue weighted by Gasteiger charge is -2.54. The molecule has 0 amide bonds. The number of carbonyl (C=O) groups excluding carboxylic acids is 4. The number of aliphatic carboxylic acids is 1. The summed E-state index contributed by atoms with van der Waals surface area (Å²) in [5.41, 5.74) is -9.25. The number of aliphatic hydroxyl groups is 2. The zero-order valence-corrected chi connectivity index (χ0v) is 17.7. The van der Waals surface area contributed by atoms with Gasteiger partial charge < -0.3 is 24.8 Å². The van der Waals surface area contributed by atoms with Crippen LogP contribution in [0, 0.1) is 0 Å². The molecule has 2 unspecified atom stereocenters. The highest BCUT2D eigenvalue weighted by Gasteiger charge is 2.70. The van der Waals surface area contributed by atoms with Gasteiger partial charge in [-0.05, 0) is 27.1 Å². The van der Waals surface area contributed by atoms with Crippen LogP contribution in [0.4, 0.5) is 0 Å². The van der Waals surface area contributed by atoms with Crippen molar-refractivity contribution in [3.63, 3.8) is 0 Å². The molecule has 0 aliphatic carbocycles. The number of nitrogens with one attached hydrogen (secondary N) is 1. The molecule has 11 nitrogen and oxygen atoms in total. The lowest BCUT2D eigenvalue weighted by molar-refractivity contribution is -0.287. The lowest BCUT2D eigenvalue weighted by atomic mass is 9.67. The second-order valence-electron chi connectivity index (χ2n) is 7.37. The molecule has 1 rings (SSSR count). The molecule has 1 fully saturated rings. The molecule has 0 aromatic carbocycles. The van der Waals surface area contributed by atoms with Crippen molar-refractivity contribution in [2.24, 2.45) is 0 Å². The van der Waals surface area contributed by atoms with Crippen molar-refractivity contribution in [3.8, 4) is 0 Å². The van der Waals surface area contributed by atoms with Crippen LogP contribution in [-0.2, 0) is 33.4 Å². The molecule has 32 heavy (non-hydrogen) atoms. The number of unbranched alkanes of at least 4 members (excludes halogenated alkanes) is 1. The van der Waals surface area contributed by atoms with Gasteiger partial charge in [-0.25, -0.2) is 0 Å². The number of allylic oxidation sites excluding steroid dienone is 1. The average Bonchev–Trinajstić information content (AvgIpc) is 2.87. The van der Waals surface area contributed by atoms with E-state index in [1.807, 2.05) is 6.92 Å². The van der Waals surface area contributed by atoms with Gasteiger partial charge in [-0.3, -0.25) is 29.3 Å². The zero-order chi connectivity index (χ0) is 27.7. The Bertz CT molecular complexity index is 887. The maximum absolute atomic E-state index is 13.0. The third kappa shape index (κ3) is 5.29. The molecular weight excluding hydrogens is 426 g/mol. The van der Waals surface area contributed by atoms with Gasteiger partial charge in [0.15, 0.2) is 34.3 Å². The molecule has 180 valence electrons. The van der Waals surface area contributed by atoms with E-state index in [4.69, 9.17) is 15.0 Å². The summed E-state index contributed by atoms with van der Waals surface area (Å²) in [4.78, 5) is 61.9. The predicted octanol–water partition coefficient (Wildman–Crippen LogP) is -0.337. The molecule has 0 radical (unpaired) electrons. The fourth-order valence-electron chi connectivity index (χ4n) is 3.35. The summed E-state index contributed by atoms with van der Waals surface area (Å²) in [6, 6.07) is -1.67. The Kier molecular flexibility index (Phi) is 6.97. The van der Waals surface area contributed by atoms with E-state index in [2.05, 4.69) is 5.32 Å². The second-order valence-corrected chi connectivity index (χ2v) is 7.37. The van der Waals surface area contributed by atoms with Gasteiger partial charge in [-0.15, -0.1) is 0 Å². The average molecular weight is 462 g/mol. The van der Waals surface area contributed by atoms with Crippen LogP contribution in [0.25, 0.3) is 0 Å². The molecule has 1 saturated heterocycles. The van der Waals surface area contributed by atoms with E-state index in [0.29, 0.717) is 12.8 Å². The molecule has 0 saturated carbocycles. The van der Waals surface area contributed by atoms with Crippen molar-refractivity contribution < 1.29 is 54.2 Å². The zero-order valence-electron chi connectivity index (χ0n) is 21.7. The monoisotopic (exact) mass is 461 g/mol. The van der Waals surface area contributed by atoms with Gasteiger partial charge in [0.25, 0.3) is 0 Å². The van der Waals surface area contributed by atoms with E-state index in [1.54, 1.807) is 0 Å². The lowest BCUT2D eigenvalue weighted by Crippen LogP contribution is -2.80. The highest BCUT2D eigenvalue weighted by Crippen LogP contribution is 2.44. The summed E-state index contributed by atoms with van der Waals surface area (Å²) in [6.45, 7) is -3.62. The van der Waals surface area contributed by atoms with E-state index in [-0.39, 0.29) is 0 Å². The maximum Gasteiger partial charge on any atom is 0.324 e. The molecule has 0 spiro atoms. The van der Waals surface area contributed by atoms with E-state index in [9.17, 15) is 39.3 Å². The Morgan fingerprint density at radius 3 is 2.34 bits per heavy atom. The molecular formula is C21H31NO10. The van der Waals surface area contributed by atoms with Gasteiger partial charge in [0, 0.05) is 18.8 Å². The Morgan fingerprint density at radius 2 is 1.81 bits per heavy atom. The Hall–Kier alpha value is -2.47. The summed E-state index contributed by atoms with van der Waals surface area (Å²) in [6.07, 6.45) is 0.228. The number of Topliss-reactive ketones (excluding diaryl/α,β-unsaturated/α-hetero) is 3. The summed E-state index contributed by atoms with van der Waals surface area (Å²) in [5, 5.41) is 34.7. The number of hydrogen-bond donors (Lipinski definition) is 4. The minimum Gasteiger partial charge on any atom is -0.480 e. The highest BCUT2D eigenvalue weighted by molar-refractivity contribution is 5.99. The number of esters is 1. The molecule has 1 aliphatic heterocycles. The van der Waals surface area contributed by atoms with Crippen molar-refractivity contribution in [1.29, 1.82) is 0 Å². The van der Waals surface area contributed by atoms with Gasteiger partial charge in [0.2, 0.25) is 0 Å².